The first kappa shape index (κ1) is 14.9. The highest BCUT2D eigenvalue weighted by atomic mass is 16.6. The predicted octanol–water partition coefficient (Wildman–Crippen LogP) is 0.141. The molecule has 2 fully saturated rings. The van der Waals surface area contributed by atoms with Gasteiger partial charge in [0.25, 0.3) is 0 Å². The van der Waals surface area contributed by atoms with E-state index < -0.39 is 35.4 Å². The van der Waals surface area contributed by atoms with Gasteiger partial charge in [0, 0.05) is 7.11 Å². The highest BCUT2D eigenvalue weighted by molar-refractivity contribution is 5.91. The number of aromatic hydroxyl groups is 3. The van der Waals surface area contributed by atoms with Crippen LogP contribution < -0.4 is 0 Å². The number of methoxy groups -OCH3 is 1. The average molecular weight is 312 g/mol. The second-order valence-electron chi connectivity index (χ2n) is 5.18. The highest BCUT2D eigenvalue weighted by Gasteiger charge is 2.49. The molecule has 120 valence electrons. The van der Waals surface area contributed by atoms with E-state index in [-0.39, 0.29) is 24.4 Å². The molecule has 8 heteroatoms. The molecule has 2 saturated heterocycles. The Hall–Kier alpha value is -2.03. The lowest BCUT2D eigenvalue weighted by Gasteiger charge is -2.17. The second kappa shape index (κ2) is 5.64. The quantitative estimate of drug-likeness (QED) is 0.533. The Kier molecular flexibility index (Phi) is 3.81. The summed E-state index contributed by atoms with van der Waals surface area (Å²) in [6.45, 7) is 0.539. The van der Waals surface area contributed by atoms with Crippen molar-refractivity contribution in [3.05, 3.63) is 17.7 Å². The van der Waals surface area contributed by atoms with Crippen molar-refractivity contribution in [3.63, 3.8) is 0 Å². The number of phenolic OH excluding ortho intramolecular Hbond substituents is 3. The zero-order chi connectivity index (χ0) is 15.9. The third-order valence-corrected chi connectivity index (χ3v) is 3.83. The summed E-state index contributed by atoms with van der Waals surface area (Å²) in [6, 6.07) is 2.02. The number of fused-ring (bicyclic) bond motifs is 1. The molecular weight excluding hydrogens is 296 g/mol. The number of carbonyl (C=O) groups is 1. The molecule has 4 atom stereocenters. The summed E-state index contributed by atoms with van der Waals surface area (Å²) in [5, 5.41) is 28.1. The van der Waals surface area contributed by atoms with Gasteiger partial charge in [0.15, 0.2) is 23.4 Å². The summed E-state index contributed by atoms with van der Waals surface area (Å²) in [4.78, 5) is 12.1. The van der Waals surface area contributed by atoms with Gasteiger partial charge in [0.1, 0.15) is 18.3 Å². The van der Waals surface area contributed by atoms with Crippen molar-refractivity contribution in [2.45, 2.75) is 24.4 Å². The Morgan fingerprint density at radius 1 is 1.09 bits per heavy atom. The normalized spacial score (nSPS) is 30.2. The topological polar surface area (TPSA) is 115 Å². The van der Waals surface area contributed by atoms with Crippen molar-refractivity contribution >= 4 is 5.97 Å². The average Bonchev–Trinajstić information content (AvgIpc) is 3.06. The monoisotopic (exact) mass is 312 g/mol. The van der Waals surface area contributed by atoms with Gasteiger partial charge < -0.3 is 34.3 Å². The lowest BCUT2D eigenvalue weighted by Crippen LogP contribution is -2.34. The lowest BCUT2D eigenvalue weighted by atomic mass is 10.1. The minimum atomic E-state index is -0.760. The highest BCUT2D eigenvalue weighted by Crippen LogP contribution is 2.36. The summed E-state index contributed by atoms with van der Waals surface area (Å²) in [5.74, 6) is -2.67. The van der Waals surface area contributed by atoms with Gasteiger partial charge in [-0.1, -0.05) is 0 Å². The van der Waals surface area contributed by atoms with Gasteiger partial charge in [-0.2, -0.15) is 0 Å². The van der Waals surface area contributed by atoms with Crippen LogP contribution in [0.3, 0.4) is 0 Å². The fraction of sp³-hybridized carbons (Fsp3) is 0.500. The molecule has 0 aromatic heterocycles. The molecule has 4 unspecified atom stereocenters. The Morgan fingerprint density at radius 2 is 1.64 bits per heavy atom. The van der Waals surface area contributed by atoms with Gasteiger partial charge in [0.05, 0.1) is 18.8 Å². The Bertz CT molecular complexity index is 563. The Balaban J connectivity index is 1.70. The molecule has 0 radical (unpaired) electrons. The lowest BCUT2D eigenvalue weighted by molar-refractivity contribution is -0.0281. The van der Waals surface area contributed by atoms with E-state index in [0.29, 0.717) is 6.61 Å². The summed E-state index contributed by atoms with van der Waals surface area (Å²) in [5.41, 5.74) is -0.0856. The van der Waals surface area contributed by atoms with E-state index in [1.54, 1.807) is 7.11 Å². The number of hydrogen-bond acceptors (Lipinski definition) is 8. The molecule has 3 rings (SSSR count). The Labute approximate surface area is 125 Å². The number of hydrogen-bond donors (Lipinski definition) is 3. The maximum atomic E-state index is 12.1. The number of rotatable bonds is 3. The minimum Gasteiger partial charge on any atom is -0.504 e. The molecule has 0 bridgehead atoms. The van der Waals surface area contributed by atoms with E-state index in [9.17, 15) is 20.1 Å². The van der Waals surface area contributed by atoms with E-state index in [1.807, 2.05) is 0 Å². The molecule has 2 aliphatic heterocycles. The third-order valence-electron chi connectivity index (χ3n) is 3.83. The molecule has 0 spiro atoms. The van der Waals surface area contributed by atoms with Crippen LogP contribution in [-0.2, 0) is 18.9 Å². The van der Waals surface area contributed by atoms with Crippen LogP contribution in [0.25, 0.3) is 0 Å². The van der Waals surface area contributed by atoms with Crippen LogP contribution in [0.4, 0.5) is 0 Å². The second-order valence-corrected chi connectivity index (χ2v) is 5.18. The van der Waals surface area contributed by atoms with Crippen LogP contribution in [0.1, 0.15) is 10.4 Å². The number of carbonyl (C=O) groups excluding carboxylic acids is 1. The van der Waals surface area contributed by atoms with Gasteiger partial charge in [-0.05, 0) is 12.1 Å². The predicted molar refractivity (Wildman–Crippen MR) is 70.9 cm³/mol. The number of benzene rings is 1. The van der Waals surface area contributed by atoms with Crippen LogP contribution in [0.2, 0.25) is 0 Å². The van der Waals surface area contributed by atoms with Crippen LogP contribution in [0.15, 0.2) is 12.1 Å². The van der Waals surface area contributed by atoms with Crippen molar-refractivity contribution in [1.29, 1.82) is 0 Å². The Morgan fingerprint density at radius 3 is 2.23 bits per heavy atom. The summed E-state index contributed by atoms with van der Waals surface area (Å²) in [6.07, 6.45) is -1.50. The van der Waals surface area contributed by atoms with Gasteiger partial charge in [-0.15, -0.1) is 0 Å². The van der Waals surface area contributed by atoms with Crippen molar-refractivity contribution in [2.75, 3.05) is 20.3 Å². The van der Waals surface area contributed by atoms with Gasteiger partial charge >= 0.3 is 5.97 Å². The minimum absolute atomic E-state index is 0.0856. The molecule has 3 N–H and O–H groups in total. The molecule has 0 saturated carbocycles. The van der Waals surface area contributed by atoms with Gasteiger partial charge in [-0.25, -0.2) is 4.79 Å². The molecule has 2 heterocycles. The molecule has 0 amide bonds. The summed E-state index contributed by atoms with van der Waals surface area (Å²) < 4.78 is 21.6. The van der Waals surface area contributed by atoms with Crippen molar-refractivity contribution in [2.24, 2.45) is 0 Å². The van der Waals surface area contributed by atoms with E-state index in [1.165, 1.54) is 0 Å². The van der Waals surface area contributed by atoms with E-state index in [4.69, 9.17) is 18.9 Å². The van der Waals surface area contributed by atoms with Crippen LogP contribution in [-0.4, -0.2) is 66.0 Å². The van der Waals surface area contributed by atoms with E-state index in [2.05, 4.69) is 0 Å². The van der Waals surface area contributed by atoms with Crippen LogP contribution >= 0.6 is 0 Å². The van der Waals surface area contributed by atoms with Crippen molar-refractivity contribution in [1.82, 2.24) is 0 Å². The summed E-state index contributed by atoms with van der Waals surface area (Å²) in [7, 11) is 1.56. The third kappa shape index (κ3) is 2.45. The maximum Gasteiger partial charge on any atom is 0.338 e. The van der Waals surface area contributed by atoms with Crippen LogP contribution in [0.5, 0.6) is 17.2 Å². The fourth-order valence-electron chi connectivity index (χ4n) is 2.66. The van der Waals surface area contributed by atoms with Gasteiger partial charge in [0.2, 0.25) is 0 Å². The molecule has 0 aliphatic carbocycles. The molecule has 22 heavy (non-hydrogen) atoms. The zero-order valence-electron chi connectivity index (χ0n) is 11.8. The van der Waals surface area contributed by atoms with Crippen molar-refractivity contribution < 1.29 is 39.1 Å². The first-order valence-corrected chi connectivity index (χ1v) is 6.73. The SMILES string of the molecule is COC1COC2C(OC(=O)c3cc(O)c(O)c(O)c3)COC12. The first-order chi connectivity index (χ1) is 10.5. The van der Waals surface area contributed by atoms with Gasteiger partial charge in [-0.3, -0.25) is 0 Å². The summed E-state index contributed by atoms with van der Waals surface area (Å²) >= 11 is 0. The molecule has 1 aromatic carbocycles. The van der Waals surface area contributed by atoms with Crippen molar-refractivity contribution in [3.8, 4) is 17.2 Å². The zero-order valence-corrected chi connectivity index (χ0v) is 11.8. The van der Waals surface area contributed by atoms with E-state index >= 15 is 0 Å². The largest absolute Gasteiger partial charge is 0.504 e. The number of esters is 1. The molecule has 8 nitrogen and oxygen atoms in total. The number of ether oxygens (including phenoxy) is 4. The standard InChI is InChI=1S/C14H16O8/c1-19-9-4-20-13-10(5-21-12(9)13)22-14(18)6-2-7(15)11(17)8(16)3-6/h2-3,9-10,12-13,15-17H,4-5H2,1H3. The molecule has 1 aromatic rings. The first-order valence-electron chi connectivity index (χ1n) is 6.73. The molecular formula is C14H16O8. The van der Waals surface area contributed by atoms with Crippen LogP contribution in [0, 0.1) is 0 Å². The maximum absolute atomic E-state index is 12.1. The molecule has 2 aliphatic rings. The smallest absolute Gasteiger partial charge is 0.338 e. The van der Waals surface area contributed by atoms with E-state index in [0.717, 1.165) is 12.1 Å². The number of phenols is 3. The fourth-order valence-corrected chi connectivity index (χ4v) is 2.66.